The van der Waals surface area contributed by atoms with Crippen molar-refractivity contribution in [1.82, 2.24) is 4.90 Å². The molecule has 0 aromatic heterocycles. The van der Waals surface area contributed by atoms with E-state index in [1.807, 2.05) is 7.05 Å². The van der Waals surface area contributed by atoms with Crippen LogP contribution in [0, 0.1) is 21.4 Å². The lowest BCUT2D eigenvalue weighted by atomic mass is 9.53. The van der Waals surface area contributed by atoms with Gasteiger partial charge in [-0.3, -0.25) is 10.1 Å². The van der Waals surface area contributed by atoms with E-state index in [1.165, 1.54) is 19.2 Å². The van der Waals surface area contributed by atoms with Crippen molar-refractivity contribution in [2.24, 2.45) is 11.3 Å². The molecule has 1 atom stereocenters. The summed E-state index contributed by atoms with van der Waals surface area (Å²) in [5.41, 5.74) is -2.41. The number of carbonyl (C=O) groups excluding carboxylic acids is 2. The first-order chi connectivity index (χ1) is 15.4. The minimum atomic E-state index is -1.86. The predicted molar refractivity (Wildman–Crippen MR) is 115 cm³/mol. The average Bonchev–Trinajstić information content (AvgIpc) is 2.90. The van der Waals surface area contributed by atoms with Crippen molar-refractivity contribution in [2.45, 2.75) is 44.5 Å². The van der Waals surface area contributed by atoms with E-state index < -0.39 is 33.7 Å². The number of benzene rings is 1. The van der Waals surface area contributed by atoms with Gasteiger partial charge in [-0.25, -0.2) is 9.59 Å². The number of methoxy groups -OCH3 is 1. The summed E-state index contributed by atoms with van der Waals surface area (Å²) in [5.74, 6) is -3.71. The van der Waals surface area contributed by atoms with Crippen LogP contribution in [0.25, 0.3) is 0 Å². The molecule has 4 rings (SSSR count). The monoisotopic (exact) mass is 460 g/mol. The molecule has 1 unspecified atom stereocenters. The van der Waals surface area contributed by atoms with Gasteiger partial charge in [0.05, 0.1) is 23.9 Å². The molecule has 3 aliphatic rings. The summed E-state index contributed by atoms with van der Waals surface area (Å²) in [7, 11) is 3.33. The topological polar surface area (TPSA) is 128 Å². The van der Waals surface area contributed by atoms with E-state index in [9.17, 15) is 24.8 Å². The number of piperidine rings is 1. The second-order valence-electron chi connectivity index (χ2n) is 9.51. The highest BCUT2D eigenvalue weighted by molar-refractivity contribution is 5.93. The molecule has 178 valence electrons. The fourth-order valence-corrected chi connectivity index (χ4v) is 5.55. The van der Waals surface area contributed by atoms with Gasteiger partial charge in [0.1, 0.15) is 5.60 Å². The second kappa shape index (κ2) is 7.81. The maximum Gasteiger partial charge on any atom is 0.334 e. The van der Waals surface area contributed by atoms with Crippen molar-refractivity contribution >= 4 is 17.6 Å². The van der Waals surface area contributed by atoms with E-state index in [-0.39, 0.29) is 23.8 Å². The highest BCUT2D eigenvalue weighted by Gasteiger charge is 2.68. The highest BCUT2D eigenvalue weighted by Crippen LogP contribution is 2.61. The van der Waals surface area contributed by atoms with Gasteiger partial charge < -0.3 is 24.2 Å². The van der Waals surface area contributed by atoms with Crippen LogP contribution in [0.5, 0.6) is 5.75 Å². The quantitative estimate of drug-likeness (QED) is 0.409. The van der Waals surface area contributed by atoms with Crippen LogP contribution in [0.4, 0.5) is 5.69 Å². The summed E-state index contributed by atoms with van der Waals surface area (Å²) in [6, 6.07) is 2.81. The Balaban J connectivity index is 1.98. The van der Waals surface area contributed by atoms with Gasteiger partial charge in [0.2, 0.25) is 0 Å². The van der Waals surface area contributed by atoms with Gasteiger partial charge in [-0.1, -0.05) is 0 Å². The average molecular weight is 460 g/mol. The molecular formula is C23H28N2O8. The predicted octanol–water partition coefficient (Wildman–Crippen LogP) is 2.07. The number of rotatable bonds is 3. The van der Waals surface area contributed by atoms with E-state index in [0.717, 1.165) is 25.2 Å². The minimum absolute atomic E-state index is 0.0216. The molecule has 0 amide bonds. The number of carbonyl (C=O) groups is 2. The van der Waals surface area contributed by atoms with Gasteiger partial charge in [-0.2, -0.15) is 0 Å². The normalized spacial score (nSPS) is 26.8. The van der Waals surface area contributed by atoms with E-state index in [1.54, 1.807) is 13.8 Å². The fourth-order valence-electron chi connectivity index (χ4n) is 5.55. The Bertz CT molecular complexity index is 1020. The third kappa shape index (κ3) is 3.39. The van der Waals surface area contributed by atoms with Crippen molar-refractivity contribution in [1.29, 1.82) is 0 Å². The Hall–Kier alpha value is -2.98. The first-order valence-corrected chi connectivity index (χ1v) is 10.9. The fraction of sp³-hybridized carbons (Fsp3) is 0.565. The zero-order valence-electron chi connectivity index (χ0n) is 19.1. The smallest absolute Gasteiger partial charge is 0.334 e. The molecule has 1 fully saturated rings. The lowest BCUT2D eigenvalue weighted by Crippen LogP contribution is -2.67. The van der Waals surface area contributed by atoms with Gasteiger partial charge in [0.15, 0.2) is 5.75 Å². The summed E-state index contributed by atoms with van der Waals surface area (Å²) < 4.78 is 16.7. The Morgan fingerprint density at radius 2 is 1.73 bits per heavy atom. The zero-order valence-corrected chi connectivity index (χ0v) is 19.1. The number of hydrogen-bond acceptors (Lipinski definition) is 9. The van der Waals surface area contributed by atoms with E-state index in [4.69, 9.17) is 14.2 Å². The summed E-state index contributed by atoms with van der Waals surface area (Å²) in [4.78, 5) is 38.2. The second-order valence-corrected chi connectivity index (χ2v) is 9.51. The van der Waals surface area contributed by atoms with Crippen molar-refractivity contribution < 1.29 is 33.8 Å². The van der Waals surface area contributed by atoms with Gasteiger partial charge in [-0.05, 0) is 69.9 Å². The van der Waals surface area contributed by atoms with E-state index >= 15 is 0 Å². The Morgan fingerprint density at radius 1 is 1.15 bits per heavy atom. The van der Waals surface area contributed by atoms with Crippen molar-refractivity contribution in [3.8, 4) is 5.75 Å². The molecule has 10 nitrogen and oxygen atoms in total. The number of aliphatic hydroxyl groups is 1. The van der Waals surface area contributed by atoms with Crippen LogP contribution in [0.3, 0.4) is 0 Å². The molecule has 1 aromatic rings. The van der Waals surface area contributed by atoms with Crippen LogP contribution in [0.2, 0.25) is 0 Å². The molecule has 2 aliphatic heterocycles. The number of likely N-dealkylation sites (tertiary alicyclic amines) is 1. The van der Waals surface area contributed by atoms with Gasteiger partial charge >= 0.3 is 17.6 Å². The molecule has 33 heavy (non-hydrogen) atoms. The molecule has 1 N–H and O–H groups in total. The van der Waals surface area contributed by atoms with E-state index in [0.29, 0.717) is 24.0 Å². The standard InChI is InChI=1S/C23H28N2O8/c1-21(2)22(32-19(26)5-6-20(27)33-22)13-14-11-17(25(29)30)18(31-4)12-16(14)23(21,28)15-7-9-24(3)10-8-15/h5-6,11-12,15,28H,7-10,13H2,1-4H3. The molecule has 1 saturated heterocycles. The van der Waals surface area contributed by atoms with Crippen LogP contribution < -0.4 is 4.74 Å². The summed E-state index contributed by atoms with van der Waals surface area (Å²) in [5, 5.41) is 24.2. The molecule has 1 aromatic carbocycles. The number of nitrogens with zero attached hydrogens (tertiary/aromatic N) is 2. The Kier molecular flexibility index (Phi) is 5.49. The molecule has 0 radical (unpaired) electrons. The Morgan fingerprint density at radius 3 is 2.24 bits per heavy atom. The van der Waals surface area contributed by atoms with Gasteiger partial charge in [0.25, 0.3) is 5.79 Å². The van der Waals surface area contributed by atoms with Gasteiger partial charge in [-0.15, -0.1) is 0 Å². The Labute approximate surface area is 191 Å². The number of ether oxygens (including phenoxy) is 3. The SMILES string of the molecule is COc1cc2c(cc1[N+](=O)[O-])CC1(OC(=O)C=CC(=O)O1)C(C)(C)C2(O)C1CCN(C)CC1. The van der Waals surface area contributed by atoms with Crippen LogP contribution in [-0.2, 0) is 31.1 Å². The first-order valence-electron chi connectivity index (χ1n) is 10.9. The van der Waals surface area contributed by atoms with Gasteiger partial charge in [0, 0.05) is 18.2 Å². The maximum atomic E-state index is 12.5. The summed E-state index contributed by atoms with van der Waals surface area (Å²) >= 11 is 0. The van der Waals surface area contributed by atoms with E-state index in [2.05, 4.69) is 4.90 Å². The highest BCUT2D eigenvalue weighted by atomic mass is 16.7. The molecule has 0 bridgehead atoms. The minimum Gasteiger partial charge on any atom is -0.490 e. The third-order valence-electron chi connectivity index (χ3n) is 7.54. The van der Waals surface area contributed by atoms with Crippen molar-refractivity contribution in [3.05, 3.63) is 45.5 Å². The van der Waals surface area contributed by atoms with Crippen LogP contribution >= 0.6 is 0 Å². The molecule has 1 aliphatic carbocycles. The summed E-state index contributed by atoms with van der Waals surface area (Å²) in [6.45, 7) is 4.87. The van der Waals surface area contributed by atoms with Crippen LogP contribution in [-0.4, -0.2) is 59.9 Å². The third-order valence-corrected chi connectivity index (χ3v) is 7.54. The lowest BCUT2D eigenvalue weighted by Gasteiger charge is -2.59. The van der Waals surface area contributed by atoms with Crippen LogP contribution in [0.1, 0.15) is 37.8 Å². The van der Waals surface area contributed by atoms with Crippen molar-refractivity contribution in [2.75, 3.05) is 27.2 Å². The molecular weight excluding hydrogens is 432 g/mol. The number of hydrogen-bond donors (Lipinski definition) is 1. The summed E-state index contributed by atoms with van der Waals surface area (Å²) in [6.07, 6.45) is 3.08. The molecule has 0 saturated carbocycles. The number of esters is 2. The maximum absolute atomic E-state index is 12.5. The molecule has 10 heteroatoms. The number of fused-ring (bicyclic) bond motifs is 1. The van der Waals surface area contributed by atoms with Crippen LogP contribution in [0.15, 0.2) is 24.3 Å². The zero-order chi connectivity index (χ0) is 24.2. The first kappa shape index (κ1) is 23.2. The largest absolute Gasteiger partial charge is 0.490 e. The number of nitro groups is 1. The number of nitro benzene ring substituents is 1. The molecule has 1 spiro atoms. The van der Waals surface area contributed by atoms with Crippen molar-refractivity contribution in [3.63, 3.8) is 0 Å². The lowest BCUT2D eigenvalue weighted by molar-refractivity contribution is -0.386. The molecule has 2 heterocycles.